The van der Waals surface area contributed by atoms with E-state index in [2.05, 4.69) is 0 Å². The van der Waals surface area contributed by atoms with Crippen molar-refractivity contribution >= 4 is 17.3 Å². The van der Waals surface area contributed by atoms with Crippen molar-refractivity contribution in [1.29, 1.82) is 0 Å². The Bertz CT molecular complexity index is 563. The summed E-state index contributed by atoms with van der Waals surface area (Å²) in [5, 5.41) is 60.9. The number of rotatable bonds is 10. The maximum atomic E-state index is 12.4. The molecule has 0 radical (unpaired) electrons. The summed E-state index contributed by atoms with van der Waals surface area (Å²) in [5.74, 6) is -4.27. The lowest BCUT2D eigenvalue weighted by molar-refractivity contribution is -1.20. The van der Waals surface area contributed by atoms with Crippen molar-refractivity contribution in [2.75, 3.05) is 0 Å². The number of aliphatic hydroxyl groups excluding tert-OH is 6. The molecule has 0 amide bonds. The third-order valence-electron chi connectivity index (χ3n) is 5.34. The van der Waals surface area contributed by atoms with Crippen molar-refractivity contribution < 1.29 is 64.0 Å². The van der Waals surface area contributed by atoms with Gasteiger partial charge in [-0.05, 0) is 0 Å². The minimum Gasteiger partial charge on any atom is -0.343 e. The van der Waals surface area contributed by atoms with Gasteiger partial charge in [0, 0.05) is 41.5 Å². The van der Waals surface area contributed by atoms with Gasteiger partial charge in [0.15, 0.2) is 0 Å². The number of nitrogens with zero attached hydrogens (tertiary/aromatic N) is 2. The van der Waals surface area contributed by atoms with Gasteiger partial charge >= 0.3 is 0 Å². The lowest BCUT2D eigenvalue weighted by Crippen LogP contribution is -2.69. The first-order valence-corrected chi connectivity index (χ1v) is 9.42. The summed E-state index contributed by atoms with van der Waals surface area (Å²) >= 11 is 0. The van der Waals surface area contributed by atoms with Gasteiger partial charge in [-0.25, -0.2) is 0 Å². The van der Waals surface area contributed by atoms with Crippen molar-refractivity contribution in [2.45, 2.75) is 91.1 Å². The Morgan fingerprint density at radius 3 is 0.933 bits per heavy atom. The summed E-state index contributed by atoms with van der Waals surface area (Å²) in [7, 11) is 0. The zero-order chi connectivity index (χ0) is 23.8. The highest BCUT2D eigenvalue weighted by molar-refractivity contribution is 6.69. The van der Waals surface area contributed by atoms with E-state index in [4.69, 9.17) is 9.68 Å². The van der Waals surface area contributed by atoms with Gasteiger partial charge in [-0.2, -0.15) is 9.68 Å². The fourth-order valence-corrected chi connectivity index (χ4v) is 3.66. The maximum absolute atomic E-state index is 12.4. The van der Waals surface area contributed by atoms with Gasteiger partial charge in [0.1, 0.15) is 0 Å². The summed E-state index contributed by atoms with van der Waals surface area (Å²) in [5.41, 5.74) is 0. The largest absolute Gasteiger partial charge is 0.343 e. The van der Waals surface area contributed by atoms with Crippen LogP contribution in [0.3, 0.4) is 0 Å². The first-order chi connectivity index (χ1) is 13.6. The zero-order valence-corrected chi connectivity index (χ0v) is 17.7. The minimum atomic E-state index is -2.06. The van der Waals surface area contributed by atoms with E-state index in [0.717, 1.165) is 41.5 Å². The van der Waals surface area contributed by atoms with Crippen molar-refractivity contribution in [3.8, 4) is 0 Å². The van der Waals surface area contributed by atoms with Crippen molar-refractivity contribution in [2.24, 2.45) is 0 Å². The predicted octanol–water partition coefficient (Wildman–Crippen LogP) is -3.03. The number of hydroxylamine groups is 6. The van der Waals surface area contributed by atoms with E-state index in [1.807, 2.05) is 0 Å². The second kappa shape index (κ2) is 9.40. The van der Waals surface area contributed by atoms with Gasteiger partial charge in [0.05, 0.1) is 0 Å². The van der Waals surface area contributed by atoms with E-state index in [9.17, 15) is 45.0 Å². The number of Topliss-reactive ketones (excluding diaryl/α,β-unsaturated/α-hetero) is 3. The Hall–Kier alpha value is -1.39. The first-order valence-electron chi connectivity index (χ1n) is 9.42. The SMILES string of the molecule is CC(O)[N+](OC1C(=O)C(=O)C(=O)C1O[N+](C(C)O)(C(C)O)C(C)O)(C(C)O)C(C)O. The van der Waals surface area contributed by atoms with E-state index in [1.165, 1.54) is 0 Å². The van der Waals surface area contributed by atoms with E-state index < -0.39 is 76.2 Å². The van der Waals surface area contributed by atoms with Crippen molar-refractivity contribution in [3.05, 3.63) is 0 Å². The molecule has 0 heterocycles. The molecule has 13 heteroatoms. The number of hydrogen-bond acceptors (Lipinski definition) is 11. The molecular weight excluding hydrogens is 408 g/mol. The van der Waals surface area contributed by atoms with Crippen molar-refractivity contribution in [1.82, 2.24) is 0 Å². The Morgan fingerprint density at radius 1 is 0.567 bits per heavy atom. The Morgan fingerprint density at radius 2 is 0.767 bits per heavy atom. The second-order valence-corrected chi connectivity index (χ2v) is 7.43. The lowest BCUT2D eigenvalue weighted by atomic mass is 10.2. The summed E-state index contributed by atoms with van der Waals surface area (Å²) in [4.78, 5) is 47.9. The van der Waals surface area contributed by atoms with Crippen LogP contribution in [0.1, 0.15) is 41.5 Å². The lowest BCUT2D eigenvalue weighted by Gasteiger charge is -2.45. The molecule has 1 aliphatic carbocycles. The molecule has 1 rings (SSSR count). The average Bonchev–Trinajstić information content (AvgIpc) is 2.79. The minimum absolute atomic E-state index is 1.14. The molecule has 0 aliphatic heterocycles. The number of carbonyl (C=O) groups is 3. The van der Waals surface area contributed by atoms with Crippen molar-refractivity contribution in [3.63, 3.8) is 0 Å². The van der Waals surface area contributed by atoms with Gasteiger partial charge in [0.2, 0.25) is 61.1 Å². The van der Waals surface area contributed by atoms with Crippen LogP contribution in [0.2, 0.25) is 0 Å². The Kier molecular flexibility index (Phi) is 8.35. The third kappa shape index (κ3) is 4.18. The zero-order valence-electron chi connectivity index (χ0n) is 17.7. The fourth-order valence-electron chi connectivity index (χ4n) is 3.66. The molecule has 174 valence electrons. The second-order valence-electron chi connectivity index (χ2n) is 7.43. The highest BCUT2D eigenvalue weighted by Crippen LogP contribution is 2.32. The fraction of sp³-hybridized carbons (Fsp3) is 0.824. The third-order valence-corrected chi connectivity index (χ3v) is 5.34. The van der Waals surface area contributed by atoms with E-state index in [1.54, 1.807) is 0 Å². The van der Waals surface area contributed by atoms with E-state index >= 15 is 0 Å². The van der Waals surface area contributed by atoms with Crippen LogP contribution >= 0.6 is 0 Å². The number of carbonyl (C=O) groups excluding carboxylic acids is 3. The Labute approximate surface area is 173 Å². The van der Waals surface area contributed by atoms with Gasteiger partial charge in [-0.3, -0.25) is 14.4 Å². The van der Waals surface area contributed by atoms with Crippen LogP contribution in [-0.2, 0) is 24.1 Å². The predicted molar refractivity (Wildman–Crippen MR) is 95.4 cm³/mol. The molecule has 0 spiro atoms. The van der Waals surface area contributed by atoms with Crippen LogP contribution < -0.4 is 0 Å². The van der Waals surface area contributed by atoms with Gasteiger partial charge in [-0.1, -0.05) is 0 Å². The monoisotopic (exact) mass is 440 g/mol. The van der Waals surface area contributed by atoms with Crippen LogP contribution in [0.25, 0.3) is 0 Å². The van der Waals surface area contributed by atoms with Gasteiger partial charge < -0.3 is 30.6 Å². The van der Waals surface area contributed by atoms with E-state index in [-0.39, 0.29) is 0 Å². The summed E-state index contributed by atoms with van der Waals surface area (Å²) in [6.45, 7) is 6.83. The topological polar surface area (TPSA) is 191 Å². The molecule has 1 fully saturated rings. The molecule has 1 aliphatic rings. The summed E-state index contributed by atoms with van der Waals surface area (Å²) in [6.07, 6.45) is -13.9. The molecule has 0 bridgehead atoms. The molecule has 30 heavy (non-hydrogen) atoms. The molecular formula is C17H32N2O11+2. The quantitative estimate of drug-likeness (QED) is 0.0876. The van der Waals surface area contributed by atoms with Crippen LogP contribution in [0, 0.1) is 0 Å². The molecule has 6 N–H and O–H groups in total. The van der Waals surface area contributed by atoms with Crippen LogP contribution in [0.15, 0.2) is 0 Å². The smallest absolute Gasteiger partial charge is 0.270 e. The first kappa shape index (κ1) is 26.6. The molecule has 0 aromatic rings. The molecule has 1 saturated carbocycles. The molecule has 8 atom stereocenters. The normalized spacial score (nSPS) is 30.2. The standard InChI is InChI=1S/C17H32N2O11/c1-7(20)18(8(2)21,9(3)22)29-16-14(27)13(26)15(28)17(16)30-19(10(4)23,11(5)24)12(6)25/h7-12,16-17,20-25H,1-6H3/q+2. The number of hydrogen-bond donors (Lipinski definition) is 6. The molecule has 13 nitrogen and oxygen atoms in total. The highest BCUT2D eigenvalue weighted by atomic mass is 16.8. The van der Waals surface area contributed by atoms with Crippen LogP contribution in [0.4, 0.5) is 0 Å². The molecule has 8 unspecified atom stereocenters. The molecule has 0 aromatic carbocycles. The number of ketones is 3. The molecule has 0 aromatic heterocycles. The maximum Gasteiger partial charge on any atom is 0.270 e. The van der Waals surface area contributed by atoms with Crippen LogP contribution in [0.5, 0.6) is 0 Å². The summed E-state index contributed by atoms with van der Waals surface area (Å²) in [6, 6.07) is 0. The molecule has 0 saturated heterocycles. The average molecular weight is 440 g/mol. The Balaban J connectivity index is 3.54. The highest BCUT2D eigenvalue weighted by Gasteiger charge is 2.62. The number of aliphatic hydroxyl groups is 6. The summed E-state index contributed by atoms with van der Waals surface area (Å²) < 4.78 is -2.73. The van der Waals surface area contributed by atoms with Gasteiger partial charge in [0.25, 0.3) is 5.78 Å². The van der Waals surface area contributed by atoms with Gasteiger partial charge in [-0.15, -0.1) is 9.29 Å². The van der Waals surface area contributed by atoms with Crippen LogP contribution in [-0.4, -0.2) is 107 Å². The number of quaternary nitrogens is 2. The van der Waals surface area contributed by atoms with E-state index in [0.29, 0.717) is 0 Å².